The van der Waals surface area contributed by atoms with Crippen molar-refractivity contribution in [3.8, 4) is 22.4 Å². The molecule has 1 N–H and O–H groups in total. The summed E-state index contributed by atoms with van der Waals surface area (Å²) in [5.74, 6) is 0.173. The van der Waals surface area contributed by atoms with Crippen molar-refractivity contribution in [2.75, 3.05) is 0 Å². The molecule has 3 aromatic heterocycles. The van der Waals surface area contributed by atoms with E-state index in [9.17, 15) is 4.79 Å². The number of aryl methyl sites for hydroxylation is 1. The van der Waals surface area contributed by atoms with E-state index in [0.29, 0.717) is 34.1 Å². The van der Waals surface area contributed by atoms with Crippen molar-refractivity contribution in [3.63, 3.8) is 0 Å². The SMILES string of the molecule is Cc1onc(-c2ccccc2Cl)c1C(=O)NCc1cncc(-c2ccsc2)c1. The van der Waals surface area contributed by atoms with Gasteiger partial charge in [-0.2, -0.15) is 11.3 Å². The van der Waals surface area contributed by atoms with Gasteiger partial charge in [-0.25, -0.2) is 0 Å². The summed E-state index contributed by atoms with van der Waals surface area (Å²) in [6, 6.07) is 11.3. The van der Waals surface area contributed by atoms with Crippen LogP contribution in [0, 0.1) is 6.92 Å². The molecule has 0 aliphatic heterocycles. The quantitative estimate of drug-likeness (QED) is 0.482. The largest absolute Gasteiger partial charge is 0.360 e. The van der Waals surface area contributed by atoms with Gasteiger partial charge in [-0.1, -0.05) is 35.0 Å². The predicted molar refractivity (Wildman–Crippen MR) is 110 cm³/mol. The Balaban J connectivity index is 1.55. The standard InChI is InChI=1S/C21H16ClN3O2S/c1-13-19(20(25-27-13)17-4-2-3-5-18(17)22)21(26)24-10-14-8-16(11-23-9-14)15-6-7-28-12-15/h2-9,11-12H,10H2,1H3,(H,24,26). The zero-order chi connectivity index (χ0) is 19.5. The lowest BCUT2D eigenvalue weighted by Crippen LogP contribution is -2.23. The Bertz CT molecular complexity index is 1120. The molecule has 0 aliphatic rings. The molecule has 7 heteroatoms. The summed E-state index contributed by atoms with van der Waals surface area (Å²) in [4.78, 5) is 17.1. The fourth-order valence-corrected chi connectivity index (χ4v) is 3.81. The molecule has 0 saturated carbocycles. The monoisotopic (exact) mass is 409 g/mol. The number of benzene rings is 1. The first-order chi connectivity index (χ1) is 13.6. The lowest BCUT2D eigenvalue weighted by molar-refractivity contribution is 0.0950. The first-order valence-electron chi connectivity index (χ1n) is 8.59. The van der Waals surface area contributed by atoms with E-state index >= 15 is 0 Å². The van der Waals surface area contributed by atoms with E-state index < -0.39 is 0 Å². The number of nitrogens with one attached hydrogen (secondary N) is 1. The molecule has 0 bridgehead atoms. The van der Waals surface area contributed by atoms with Crippen LogP contribution in [0.15, 0.2) is 64.1 Å². The topological polar surface area (TPSA) is 68.0 Å². The summed E-state index contributed by atoms with van der Waals surface area (Å²) in [6.07, 6.45) is 3.55. The minimum absolute atomic E-state index is 0.269. The summed E-state index contributed by atoms with van der Waals surface area (Å²) in [6.45, 7) is 2.05. The number of hydrogen-bond acceptors (Lipinski definition) is 5. The number of halogens is 1. The van der Waals surface area contributed by atoms with E-state index in [0.717, 1.165) is 16.7 Å². The van der Waals surface area contributed by atoms with Gasteiger partial charge in [0.05, 0.1) is 5.02 Å². The third kappa shape index (κ3) is 3.69. The third-order valence-corrected chi connectivity index (χ3v) is 5.33. The second kappa shape index (κ2) is 7.96. The van der Waals surface area contributed by atoms with Crippen LogP contribution in [0.3, 0.4) is 0 Å². The minimum atomic E-state index is -0.269. The first-order valence-corrected chi connectivity index (χ1v) is 9.91. The van der Waals surface area contributed by atoms with Crippen LogP contribution in [-0.2, 0) is 6.54 Å². The van der Waals surface area contributed by atoms with E-state index in [4.69, 9.17) is 16.1 Å². The molecule has 0 fully saturated rings. The summed E-state index contributed by atoms with van der Waals surface area (Å²) < 4.78 is 5.27. The number of hydrogen-bond donors (Lipinski definition) is 1. The second-order valence-corrected chi connectivity index (χ2v) is 7.41. The van der Waals surface area contributed by atoms with Crippen LogP contribution in [0.5, 0.6) is 0 Å². The molecular weight excluding hydrogens is 394 g/mol. The lowest BCUT2D eigenvalue weighted by Gasteiger charge is -2.08. The highest BCUT2D eigenvalue weighted by molar-refractivity contribution is 7.08. The molecule has 0 unspecified atom stereocenters. The molecule has 3 heterocycles. The van der Waals surface area contributed by atoms with Crippen LogP contribution in [0.1, 0.15) is 21.7 Å². The Morgan fingerprint density at radius 3 is 2.86 bits per heavy atom. The molecule has 0 atom stereocenters. The fourth-order valence-electron chi connectivity index (χ4n) is 2.92. The van der Waals surface area contributed by atoms with Gasteiger partial charge in [0.25, 0.3) is 5.91 Å². The van der Waals surface area contributed by atoms with E-state index in [2.05, 4.69) is 20.8 Å². The van der Waals surface area contributed by atoms with Crippen LogP contribution < -0.4 is 5.32 Å². The molecule has 0 spiro atoms. The number of aromatic nitrogens is 2. The number of carbonyl (C=O) groups is 1. The molecule has 140 valence electrons. The molecule has 4 rings (SSSR count). The summed E-state index contributed by atoms with van der Waals surface area (Å²) in [5, 5.41) is 11.6. The molecule has 5 nitrogen and oxygen atoms in total. The Kier molecular flexibility index (Phi) is 5.23. The molecule has 0 aliphatic carbocycles. The number of carbonyl (C=O) groups excluding carboxylic acids is 1. The van der Waals surface area contributed by atoms with Crippen LogP contribution in [-0.4, -0.2) is 16.0 Å². The van der Waals surface area contributed by atoms with Gasteiger partial charge in [0, 0.05) is 30.1 Å². The summed E-state index contributed by atoms with van der Waals surface area (Å²) >= 11 is 7.90. The minimum Gasteiger partial charge on any atom is -0.360 e. The van der Waals surface area contributed by atoms with Gasteiger partial charge in [0.15, 0.2) is 0 Å². The predicted octanol–water partition coefficient (Wildman–Crippen LogP) is 5.36. The van der Waals surface area contributed by atoms with Gasteiger partial charge < -0.3 is 9.84 Å². The van der Waals surface area contributed by atoms with E-state index in [-0.39, 0.29) is 5.91 Å². The highest BCUT2D eigenvalue weighted by Crippen LogP contribution is 2.31. The zero-order valence-corrected chi connectivity index (χ0v) is 16.6. The molecule has 4 aromatic rings. The van der Waals surface area contributed by atoms with Gasteiger partial charge in [-0.3, -0.25) is 9.78 Å². The number of thiophene rings is 1. The number of pyridine rings is 1. The van der Waals surface area contributed by atoms with Crippen molar-refractivity contribution in [1.82, 2.24) is 15.5 Å². The molecule has 1 aromatic carbocycles. The van der Waals surface area contributed by atoms with Gasteiger partial charge >= 0.3 is 0 Å². The van der Waals surface area contributed by atoms with Crippen molar-refractivity contribution in [2.24, 2.45) is 0 Å². The van der Waals surface area contributed by atoms with Crippen LogP contribution in [0.25, 0.3) is 22.4 Å². The second-order valence-electron chi connectivity index (χ2n) is 6.22. The maximum atomic E-state index is 12.8. The van der Waals surface area contributed by atoms with Gasteiger partial charge in [-0.15, -0.1) is 0 Å². The molecule has 0 saturated heterocycles. The summed E-state index contributed by atoms with van der Waals surface area (Å²) in [7, 11) is 0. The lowest BCUT2D eigenvalue weighted by atomic mass is 10.1. The van der Waals surface area contributed by atoms with E-state index in [1.807, 2.05) is 41.9 Å². The molecule has 0 radical (unpaired) electrons. The van der Waals surface area contributed by atoms with E-state index in [1.165, 1.54) is 0 Å². The summed E-state index contributed by atoms with van der Waals surface area (Å²) in [5.41, 5.74) is 4.52. The average molecular weight is 410 g/mol. The number of nitrogens with zero attached hydrogens (tertiary/aromatic N) is 2. The van der Waals surface area contributed by atoms with Crippen LogP contribution >= 0.6 is 22.9 Å². The van der Waals surface area contributed by atoms with Crippen LogP contribution in [0.2, 0.25) is 5.02 Å². The maximum absolute atomic E-state index is 12.8. The number of rotatable bonds is 5. The Hall–Kier alpha value is -2.96. The Labute approximate surface area is 171 Å². The molecular formula is C21H16ClN3O2S. The smallest absolute Gasteiger partial charge is 0.257 e. The third-order valence-electron chi connectivity index (χ3n) is 4.32. The normalized spacial score (nSPS) is 10.8. The molecule has 28 heavy (non-hydrogen) atoms. The average Bonchev–Trinajstić information content (AvgIpc) is 3.37. The van der Waals surface area contributed by atoms with Crippen molar-refractivity contribution >= 4 is 28.8 Å². The number of amides is 1. The zero-order valence-electron chi connectivity index (χ0n) is 15.0. The molecule has 1 amide bonds. The van der Waals surface area contributed by atoms with Crippen molar-refractivity contribution < 1.29 is 9.32 Å². The van der Waals surface area contributed by atoms with Gasteiger partial charge in [0.1, 0.15) is 17.0 Å². The maximum Gasteiger partial charge on any atom is 0.257 e. The van der Waals surface area contributed by atoms with Crippen molar-refractivity contribution in [3.05, 3.63) is 81.5 Å². The van der Waals surface area contributed by atoms with Gasteiger partial charge in [-0.05, 0) is 47.0 Å². The van der Waals surface area contributed by atoms with Crippen molar-refractivity contribution in [2.45, 2.75) is 13.5 Å². The van der Waals surface area contributed by atoms with Crippen molar-refractivity contribution in [1.29, 1.82) is 0 Å². The van der Waals surface area contributed by atoms with Gasteiger partial charge in [0.2, 0.25) is 0 Å². The van der Waals surface area contributed by atoms with Crippen LogP contribution in [0.4, 0.5) is 0 Å². The Morgan fingerprint density at radius 2 is 2.07 bits per heavy atom. The Morgan fingerprint density at radius 1 is 1.21 bits per heavy atom. The highest BCUT2D eigenvalue weighted by atomic mass is 35.5. The van der Waals surface area contributed by atoms with E-state index in [1.54, 1.807) is 30.5 Å². The highest BCUT2D eigenvalue weighted by Gasteiger charge is 2.22. The fraction of sp³-hybridized carbons (Fsp3) is 0.0952. The first kappa shape index (κ1) is 18.4.